The molecule has 0 amide bonds. The molecule has 0 aromatic rings. The van der Waals surface area contributed by atoms with Crippen molar-refractivity contribution in [3.05, 3.63) is 36.1 Å². The molecule has 0 rings (SSSR count). The first-order valence-electron chi connectivity index (χ1n) is 4.44. The van der Waals surface area contributed by atoms with E-state index in [0.717, 1.165) is 11.8 Å². The highest BCUT2D eigenvalue weighted by Gasteiger charge is 2.00. The van der Waals surface area contributed by atoms with Crippen LogP contribution < -0.4 is 0 Å². The molecule has 0 heterocycles. The molecule has 0 radical (unpaired) electrons. The third kappa shape index (κ3) is 6.06. The van der Waals surface area contributed by atoms with Crippen LogP contribution in [0.2, 0.25) is 0 Å². The van der Waals surface area contributed by atoms with E-state index < -0.39 is 0 Å². The molecule has 78 valence electrons. The third-order valence-electron chi connectivity index (χ3n) is 1.62. The van der Waals surface area contributed by atoms with Crippen LogP contribution in [-0.2, 0) is 9.53 Å². The number of aliphatic hydroxyl groups excluding tert-OH is 1. The summed E-state index contributed by atoms with van der Waals surface area (Å²) in [5, 5.41) is 8.47. The summed E-state index contributed by atoms with van der Waals surface area (Å²) < 4.78 is 4.53. The second kappa shape index (κ2) is 8.10. The molecule has 0 aliphatic heterocycles. The lowest BCUT2D eigenvalue weighted by molar-refractivity contribution is -0.140. The summed E-state index contributed by atoms with van der Waals surface area (Å²) in [5.74, 6) is -0.228. The lowest BCUT2D eigenvalue weighted by atomic mass is 10.1. The smallest absolute Gasteiger partial charge is 0.305 e. The number of hydrogen-bond donors (Lipinski definition) is 1. The first-order chi connectivity index (χ1) is 6.74. The Morgan fingerprint density at radius 1 is 1.43 bits per heavy atom. The number of carbonyl (C=O) groups excluding carboxylic acids is 1. The number of allylic oxidation sites excluding steroid dienone is 5. The van der Waals surface area contributed by atoms with Gasteiger partial charge in [-0.1, -0.05) is 18.2 Å². The molecule has 14 heavy (non-hydrogen) atoms. The molecule has 0 aliphatic carbocycles. The van der Waals surface area contributed by atoms with Gasteiger partial charge < -0.3 is 9.84 Å². The first-order valence-corrected chi connectivity index (χ1v) is 4.44. The van der Waals surface area contributed by atoms with Gasteiger partial charge in [-0.2, -0.15) is 0 Å². The molecule has 0 fully saturated rings. The van der Waals surface area contributed by atoms with Crippen LogP contribution in [0.15, 0.2) is 36.1 Å². The molecule has 0 aromatic heterocycles. The number of carbonyl (C=O) groups is 1. The minimum absolute atomic E-state index is 0.228. The van der Waals surface area contributed by atoms with Gasteiger partial charge in [-0.25, -0.2) is 0 Å². The van der Waals surface area contributed by atoms with Gasteiger partial charge in [0.15, 0.2) is 0 Å². The quantitative estimate of drug-likeness (QED) is 0.417. The SMILES string of the molecule is C\C=C/C(=C\C=C\O)CCC(=O)OC. The maximum atomic E-state index is 10.9. The fourth-order valence-electron chi connectivity index (χ4n) is 0.951. The summed E-state index contributed by atoms with van der Waals surface area (Å²) in [6.07, 6.45) is 8.97. The largest absolute Gasteiger partial charge is 0.516 e. The van der Waals surface area contributed by atoms with Crippen LogP contribution in [0.25, 0.3) is 0 Å². The monoisotopic (exact) mass is 196 g/mol. The van der Waals surface area contributed by atoms with Gasteiger partial charge in [-0.05, 0) is 25.0 Å². The summed E-state index contributed by atoms with van der Waals surface area (Å²) in [6, 6.07) is 0. The maximum Gasteiger partial charge on any atom is 0.305 e. The van der Waals surface area contributed by atoms with E-state index in [9.17, 15) is 4.79 Å². The van der Waals surface area contributed by atoms with E-state index in [1.165, 1.54) is 13.2 Å². The predicted molar refractivity (Wildman–Crippen MR) is 55.9 cm³/mol. The van der Waals surface area contributed by atoms with E-state index in [2.05, 4.69) is 4.74 Å². The molecule has 0 saturated heterocycles. The van der Waals surface area contributed by atoms with Crippen LogP contribution in [0.1, 0.15) is 19.8 Å². The average Bonchev–Trinajstić information content (AvgIpc) is 2.21. The minimum Gasteiger partial charge on any atom is -0.516 e. The molecule has 0 aromatic carbocycles. The number of methoxy groups -OCH3 is 1. The molecule has 0 atom stereocenters. The number of rotatable bonds is 5. The molecule has 0 saturated carbocycles. The van der Waals surface area contributed by atoms with Crippen LogP contribution in [0.3, 0.4) is 0 Å². The van der Waals surface area contributed by atoms with Crippen molar-refractivity contribution < 1.29 is 14.6 Å². The van der Waals surface area contributed by atoms with Crippen LogP contribution in [0.4, 0.5) is 0 Å². The zero-order chi connectivity index (χ0) is 10.8. The van der Waals surface area contributed by atoms with Gasteiger partial charge in [0.05, 0.1) is 13.4 Å². The third-order valence-corrected chi connectivity index (χ3v) is 1.62. The first kappa shape index (κ1) is 12.5. The Bertz CT molecular complexity index is 249. The second-order valence-corrected chi connectivity index (χ2v) is 2.66. The van der Waals surface area contributed by atoms with Crippen molar-refractivity contribution in [1.82, 2.24) is 0 Å². The lowest BCUT2D eigenvalue weighted by Gasteiger charge is -2.00. The molecule has 0 unspecified atom stereocenters. The lowest BCUT2D eigenvalue weighted by Crippen LogP contribution is -1.99. The average molecular weight is 196 g/mol. The molecule has 0 bridgehead atoms. The molecular weight excluding hydrogens is 180 g/mol. The van der Waals surface area contributed by atoms with E-state index in [1.807, 2.05) is 19.1 Å². The molecule has 3 heteroatoms. The van der Waals surface area contributed by atoms with Crippen LogP contribution in [0.5, 0.6) is 0 Å². The second-order valence-electron chi connectivity index (χ2n) is 2.66. The summed E-state index contributed by atoms with van der Waals surface area (Å²) in [5.41, 5.74) is 0.975. The summed E-state index contributed by atoms with van der Waals surface area (Å²) >= 11 is 0. The van der Waals surface area contributed by atoms with Crippen molar-refractivity contribution in [2.45, 2.75) is 19.8 Å². The van der Waals surface area contributed by atoms with E-state index in [-0.39, 0.29) is 5.97 Å². The zero-order valence-corrected chi connectivity index (χ0v) is 8.56. The van der Waals surface area contributed by atoms with Crippen molar-refractivity contribution in [3.8, 4) is 0 Å². The van der Waals surface area contributed by atoms with Crippen molar-refractivity contribution in [2.75, 3.05) is 7.11 Å². The molecule has 0 aliphatic rings. The Morgan fingerprint density at radius 3 is 2.64 bits per heavy atom. The van der Waals surface area contributed by atoms with Crippen molar-refractivity contribution in [2.24, 2.45) is 0 Å². The van der Waals surface area contributed by atoms with Gasteiger partial charge >= 0.3 is 5.97 Å². The van der Waals surface area contributed by atoms with E-state index in [4.69, 9.17) is 5.11 Å². The predicted octanol–water partition coefficient (Wildman–Crippen LogP) is 2.51. The van der Waals surface area contributed by atoms with E-state index in [1.54, 1.807) is 6.08 Å². The zero-order valence-electron chi connectivity index (χ0n) is 8.56. The summed E-state index contributed by atoms with van der Waals surface area (Å²) in [4.78, 5) is 10.9. The van der Waals surface area contributed by atoms with Gasteiger partial charge in [0.2, 0.25) is 0 Å². The topological polar surface area (TPSA) is 46.5 Å². The van der Waals surface area contributed by atoms with E-state index >= 15 is 0 Å². The molecular formula is C11H16O3. The van der Waals surface area contributed by atoms with Crippen LogP contribution in [0, 0.1) is 0 Å². The van der Waals surface area contributed by atoms with Crippen LogP contribution in [-0.4, -0.2) is 18.2 Å². The van der Waals surface area contributed by atoms with Gasteiger partial charge in [-0.15, -0.1) is 0 Å². The van der Waals surface area contributed by atoms with Gasteiger partial charge in [-0.3, -0.25) is 4.79 Å². The Hall–Kier alpha value is -1.51. The highest BCUT2D eigenvalue weighted by Crippen LogP contribution is 2.07. The van der Waals surface area contributed by atoms with Crippen molar-refractivity contribution >= 4 is 5.97 Å². The fraction of sp³-hybridized carbons (Fsp3) is 0.364. The van der Waals surface area contributed by atoms with Gasteiger partial charge in [0.25, 0.3) is 0 Å². The van der Waals surface area contributed by atoms with E-state index in [0.29, 0.717) is 12.8 Å². The molecule has 1 N–H and O–H groups in total. The highest BCUT2D eigenvalue weighted by molar-refractivity contribution is 5.69. The maximum absolute atomic E-state index is 10.9. The van der Waals surface area contributed by atoms with Gasteiger partial charge in [0, 0.05) is 6.42 Å². The van der Waals surface area contributed by atoms with Gasteiger partial charge in [0.1, 0.15) is 0 Å². The Labute approximate surface area is 84.4 Å². The normalized spacial score (nSPS) is 12.6. The Balaban J connectivity index is 4.17. The Kier molecular flexibility index (Phi) is 7.23. The van der Waals surface area contributed by atoms with Crippen molar-refractivity contribution in [1.29, 1.82) is 0 Å². The number of ether oxygens (including phenoxy) is 1. The summed E-state index contributed by atoms with van der Waals surface area (Å²) in [6.45, 7) is 1.90. The number of aliphatic hydroxyl groups is 1. The van der Waals surface area contributed by atoms with Crippen LogP contribution >= 0.6 is 0 Å². The fourth-order valence-corrected chi connectivity index (χ4v) is 0.951. The molecule has 0 spiro atoms. The standard InChI is InChI=1S/C11H16O3/c1-3-5-10(6-4-9-12)7-8-11(13)14-2/h3-6,9,12H,7-8H2,1-2H3/b5-3-,9-4+,10-6+. The summed E-state index contributed by atoms with van der Waals surface area (Å²) in [7, 11) is 1.37. The molecule has 3 nitrogen and oxygen atoms in total. The van der Waals surface area contributed by atoms with Crippen molar-refractivity contribution in [3.63, 3.8) is 0 Å². The highest BCUT2D eigenvalue weighted by atomic mass is 16.5. The number of hydrogen-bond acceptors (Lipinski definition) is 3. The minimum atomic E-state index is -0.228. The Morgan fingerprint density at radius 2 is 2.14 bits per heavy atom. The number of esters is 1.